The van der Waals surface area contributed by atoms with Gasteiger partial charge in [-0.15, -0.1) is 0 Å². The summed E-state index contributed by atoms with van der Waals surface area (Å²) in [7, 11) is 0. The molecule has 3 aromatic rings. The highest BCUT2D eigenvalue weighted by Gasteiger charge is 2.23. The molecule has 1 aliphatic heterocycles. The lowest BCUT2D eigenvalue weighted by Gasteiger charge is -2.32. The molecular weight excluding hydrogens is 392 g/mol. The Morgan fingerprint density at radius 1 is 1.26 bits per heavy atom. The lowest BCUT2D eigenvalue weighted by atomic mass is 9.93. The number of aromatic amines is 1. The molecule has 0 saturated carbocycles. The third kappa shape index (κ3) is 5.71. The average Bonchev–Trinajstić information content (AvgIpc) is 3.25. The second-order valence-corrected chi connectivity index (χ2v) is 7.83. The van der Waals surface area contributed by atoms with Crippen LogP contribution in [0, 0.1) is 19.8 Å². The molecule has 160 valence electrons. The van der Waals surface area contributed by atoms with Crippen LogP contribution in [0.1, 0.15) is 35.6 Å². The number of amides is 1. The highest BCUT2D eigenvalue weighted by atomic mass is 16.2. The molecule has 1 fully saturated rings. The summed E-state index contributed by atoms with van der Waals surface area (Å²) >= 11 is 0. The number of aryl methyl sites for hydroxylation is 2. The molecule has 0 bridgehead atoms. The Kier molecular flexibility index (Phi) is 6.30. The van der Waals surface area contributed by atoms with E-state index in [0.717, 1.165) is 55.1 Å². The van der Waals surface area contributed by atoms with Crippen LogP contribution in [0.15, 0.2) is 37.1 Å². The smallest absolute Gasteiger partial charge is 0.246 e. The van der Waals surface area contributed by atoms with Crippen molar-refractivity contribution >= 4 is 23.7 Å². The number of nitrogens with zero attached hydrogens (tertiary/aromatic N) is 6. The van der Waals surface area contributed by atoms with E-state index in [4.69, 9.17) is 0 Å². The fourth-order valence-electron chi connectivity index (χ4n) is 3.83. The number of piperidine rings is 1. The zero-order valence-electron chi connectivity index (χ0n) is 17.7. The number of hydrogen-bond donors (Lipinski definition) is 2. The molecule has 3 aromatic heterocycles. The molecule has 1 aliphatic rings. The van der Waals surface area contributed by atoms with Crippen molar-refractivity contribution in [1.29, 1.82) is 0 Å². The molecule has 0 spiro atoms. The zero-order valence-corrected chi connectivity index (χ0v) is 17.7. The van der Waals surface area contributed by atoms with E-state index in [1.807, 2.05) is 30.9 Å². The monoisotopic (exact) mass is 418 g/mol. The highest BCUT2D eigenvalue weighted by molar-refractivity contribution is 5.91. The lowest BCUT2D eigenvalue weighted by Crippen LogP contribution is -2.39. The molecular formula is C22H26N8O. The lowest BCUT2D eigenvalue weighted by molar-refractivity contribution is -0.127. The number of anilines is 2. The van der Waals surface area contributed by atoms with E-state index in [2.05, 4.69) is 35.2 Å². The maximum absolute atomic E-state index is 12.6. The standard InChI is InChI=1S/C22H26N8O/c1-15-8-16(2)28-22(27-15)29-20-10-19(25-14-26-20)9-17-4-3-7-30(12-17)21(31)6-5-18-11-23-13-24-18/h5-6,8,10-11,13-14,17H,3-4,7,9,12H2,1-2H3,(H,23,24)(H,25,26,27,28,29)/b6-5+. The van der Waals surface area contributed by atoms with Crippen molar-refractivity contribution < 1.29 is 4.79 Å². The second kappa shape index (κ2) is 9.46. The highest BCUT2D eigenvalue weighted by Crippen LogP contribution is 2.22. The van der Waals surface area contributed by atoms with Crippen molar-refractivity contribution in [2.45, 2.75) is 33.1 Å². The summed E-state index contributed by atoms with van der Waals surface area (Å²) < 4.78 is 0. The first-order valence-electron chi connectivity index (χ1n) is 10.4. The molecule has 0 aromatic carbocycles. The molecule has 31 heavy (non-hydrogen) atoms. The Morgan fingerprint density at radius 2 is 2.10 bits per heavy atom. The molecule has 9 nitrogen and oxygen atoms in total. The number of aromatic nitrogens is 6. The van der Waals surface area contributed by atoms with Gasteiger partial charge in [-0.3, -0.25) is 4.79 Å². The van der Waals surface area contributed by atoms with Crippen LogP contribution in [0.4, 0.5) is 11.8 Å². The molecule has 4 heterocycles. The number of nitrogens with one attached hydrogen (secondary N) is 2. The van der Waals surface area contributed by atoms with Crippen molar-refractivity contribution in [3.63, 3.8) is 0 Å². The zero-order chi connectivity index (χ0) is 21.6. The van der Waals surface area contributed by atoms with Gasteiger partial charge in [0.2, 0.25) is 11.9 Å². The second-order valence-electron chi connectivity index (χ2n) is 7.83. The minimum atomic E-state index is 0.0244. The van der Waals surface area contributed by atoms with Gasteiger partial charge < -0.3 is 15.2 Å². The summed E-state index contributed by atoms with van der Waals surface area (Å²) in [5.74, 6) is 1.58. The Balaban J connectivity index is 1.37. The molecule has 9 heteroatoms. The number of rotatable bonds is 6. The third-order valence-corrected chi connectivity index (χ3v) is 5.20. The summed E-state index contributed by atoms with van der Waals surface area (Å²) in [4.78, 5) is 38.9. The topological polar surface area (TPSA) is 113 Å². The Labute approximate surface area is 181 Å². The van der Waals surface area contributed by atoms with Gasteiger partial charge in [-0.1, -0.05) is 0 Å². The van der Waals surface area contributed by atoms with Crippen molar-refractivity contribution in [3.05, 3.63) is 59.8 Å². The van der Waals surface area contributed by atoms with E-state index in [0.29, 0.717) is 17.7 Å². The fraction of sp³-hybridized carbons (Fsp3) is 0.364. The Hall–Kier alpha value is -3.62. The number of imidazole rings is 1. The van der Waals surface area contributed by atoms with E-state index in [1.54, 1.807) is 31.0 Å². The van der Waals surface area contributed by atoms with Crippen LogP contribution in [0.2, 0.25) is 0 Å². The average molecular weight is 419 g/mol. The summed E-state index contributed by atoms with van der Waals surface area (Å²) in [5, 5.41) is 3.17. The maximum atomic E-state index is 12.6. The van der Waals surface area contributed by atoms with Gasteiger partial charge in [0.15, 0.2) is 0 Å². The number of H-pyrrole nitrogens is 1. The minimum Gasteiger partial charge on any atom is -0.345 e. The van der Waals surface area contributed by atoms with Gasteiger partial charge in [0.05, 0.1) is 18.2 Å². The van der Waals surface area contributed by atoms with Crippen LogP contribution in [-0.2, 0) is 11.2 Å². The number of carbonyl (C=O) groups excluding carboxylic acids is 1. The van der Waals surface area contributed by atoms with E-state index in [9.17, 15) is 4.79 Å². The summed E-state index contributed by atoms with van der Waals surface area (Å²) in [6.07, 6.45) is 11.0. The number of hydrogen-bond acceptors (Lipinski definition) is 7. The van der Waals surface area contributed by atoms with Crippen LogP contribution in [0.5, 0.6) is 0 Å². The quantitative estimate of drug-likeness (QED) is 0.592. The van der Waals surface area contributed by atoms with Gasteiger partial charge in [-0.2, -0.15) is 0 Å². The molecule has 2 N–H and O–H groups in total. The van der Waals surface area contributed by atoms with Gasteiger partial charge in [-0.25, -0.2) is 24.9 Å². The predicted molar refractivity (Wildman–Crippen MR) is 117 cm³/mol. The van der Waals surface area contributed by atoms with Gasteiger partial charge in [0, 0.05) is 42.3 Å². The van der Waals surface area contributed by atoms with E-state index < -0.39 is 0 Å². The van der Waals surface area contributed by atoms with Crippen molar-refractivity contribution in [1.82, 2.24) is 34.8 Å². The Morgan fingerprint density at radius 3 is 2.87 bits per heavy atom. The predicted octanol–water partition coefficient (Wildman–Crippen LogP) is 2.84. The third-order valence-electron chi connectivity index (χ3n) is 5.20. The summed E-state index contributed by atoms with van der Waals surface area (Å²) in [5.41, 5.74) is 3.56. The van der Waals surface area contributed by atoms with Crippen LogP contribution >= 0.6 is 0 Å². The van der Waals surface area contributed by atoms with Gasteiger partial charge in [0.25, 0.3) is 0 Å². The van der Waals surface area contributed by atoms with Crippen LogP contribution in [-0.4, -0.2) is 53.8 Å². The van der Waals surface area contributed by atoms with Crippen molar-refractivity contribution in [2.75, 3.05) is 18.4 Å². The first-order valence-corrected chi connectivity index (χ1v) is 10.4. The first-order chi connectivity index (χ1) is 15.0. The molecule has 1 atom stereocenters. The van der Waals surface area contributed by atoms with Gasteiger partial charge >= 0.3 is 0 Å². The first kappa shape index (κ1) is 20.6. The van der Waals surface area contributed by atoms with E-state index in [-0.39, 0.29) is 5.91 Å². The van der Waals surface area contributed by atoms with Crippen LogP contribution in [0.25, 0.3) is 6.08 Å². The number of carbonyl (C=O) groups is 1. The molecule has 1 saturated heterocycles. The van der Waals surface area contributed by atoms with E-state index >= 15 is 0 Å². The Bertz CT molecular complexity index is 1040. The maximum Gasteiger partial charge on any atom is 0.246 e. The van der Waals surface area contributed by atoms with Crippen LogP contribution in [0.3, 0.4) is 0 Å². The molecule has 0 radical (unpaired) electrons. The normalized spacial score (nSPS) is 16.6. The van der Waals surface area contributed by atoms with Crippen LogP contribution < -0.4 is 5.32 Å². The number of likely N-dealkylation sites (tertiary alicyclic amines) is 1. The van der Waals surface area contributed by atoms with E-state index in [1.165, 1.54) is 0 Å². The molecule has 1 unspecified atom stereocenters. The van der Waals surface area contributed by atoms with Crippen molar-refractivity contribution in [3.8, 4) is 0 Å². The summed E-state index contributed by atoms with van der Waals surface area (Å²) in [6.45, 7) is 5.37. The molecule has 0 aliphatic carbocycles. The van der Waals surface area contributed by atoms with Crippen molar-refractivity contribution in [2.24, 2.45) is 5.92 Å². The van der Waals surface area contributed by atoms with Gasteiger partial charge in [-0.05, 0) is 51.2 Å². The summed E-state index contributed by atoms with van der Waals surface area (Å²) in [6, 6.07) is 3.86. The largest absolute Gasteiger partial charge is 0.345 e. The molecule has 1 amide bonds. The minimum absolute atomic E-state index is 0.0244. The fourth-order valence-corrected chi connectivity index (χ4v) is 3.83. The SMILES string of the molecule is Cc1cc(C)nc(Nc2cc(CC3CCCN(C(=O)/C=C/c4cnc[nH]4)C3)ncn2)n1. The van der Waals surface area contributed by atoms with Gasteiger partial charge in [0.1, 0.15) is 12.1 Å². The molecule has 4 rings (SSSR count).